The van der Waals surface area contributed by atoms with Gasteiger partial charge in [-0.3, -0.25) is 4.79 Å². The van der Waals surface area contributed by atoms with Gasteiger partial charge in [-0.05, 0) is 56.1 Å². The van der Waals surface area contributed by atoms with Gasteiger partial charge in [-0.2, -0.15) is 0 Å². The largest absolute Gasteiger partial charge is 0.451 e. The van der Waals surface area contributed by atoms with Crippen LogP contribution in [-0.2, 0) is 11.3 Å². The summed E-state index contributed by atoms with van der Waals surface area (Å²) in [4.78, 5) is 11.0. The standard InChI is InChI=1S/C13H12Br2N2O2/c1-8(18)17-10-4-2-3-9(5-10)16-7-11-6-12(14)13(15)19-11/h2-6,16H,7H2,1H3,(H,17,18). The molecule has 0 bridgehead atoms. The van der Waals surface area contributed by atoms with E-state index in [9.17, 15) is 4.79 Å². The van der Waals surface area contributed by atoms with Gasteiger partial charge in [0.1, 0.15) is 5.76 Å². The number of carbonyl (C=O) groups is 1. The molecule has 1 aromatic heterocycles. The quantitative estimate of drug-likeness (QED) is 0.818. The van der Waals surface area contributed by atoms with Gasteiger partial charge in [0, 0.05) is 18.3 Å². The van der Waals surface area contributed by atoms with E-state index < -0.39 is 0 Å². The van der Waals surface area contributed by atoms with Crippen molar-refractivity contribution in [3.05, 3.63) is 45.2 Å². The zero-order chi connectivity index (χ0) is 13.8. The Morgan fingerprint density at radius 1 is 1.26 bits per heavy atom. The predicted octanol–water partition coefficient (Wildman–Crippen LogP) is 4.38. The minimum absolute atomic E-state index is 0.0870. The lowest BCUT2D eigenvalue weighted by molar-refractivity contribution is -0.114. The Kier molecular flexibility index (Phi) is 4.66. The lowest BCUT2D eigenvalue weighted by Gasteiger charge is -2.07. The molecule has 0 fully saturated rings. The first-order valence-electron chi connectivity index (χ1n) is 5.60. The molecule has 0 saturated carbocycles. The van der Waals surface area contributed by atoms with Gasteiger partial charge < -0.3 is 15.1 Å². The number of halogens is 2. The normalized spacial score (nSPS) is 10.3. The highest BCUT2D eigenvalue weighted by molar-refractivity contribution is 9.13. The molecule has 0 saturated heterocycles. The van der Waals surface area contributed by atoms with Gasteiger partial charge >= 0.3 is 0 Å². The van der Waals surface area contributed by atoms with E-state index in [1.807, 2.05) is 30.3 Å². The van der Waals surface area contributed by atoms with Crippen LogP contribution in [0.4, 0.5) is 11.4 Å². The van der Waals surface area contributed by atoms with Gasteiger partial charge in [-0.25, -0.2) is 0 Å². The lowest BCUT2D eigenvalue weighted by Crippen LogP contribution is -2.06. The summed E-state index contributed by atoms with van der Waals surface area (Å²) < 4.78 is 7.03. The molecule has 0 aliphatic carbocycles. The van der Waals surface area contributed by atoms with E-state index in [0.717, 1.165) is 21.6 Å². The van der Waals surface area contributed by atoms with Gasteiger partial charge in [0.05, 0.1) is 11.0 Å². The average Bonchev–Trinajstić information content (AvgIpc) is 2.66. The molecule has 0 spiro atoms. The Bertz CT molecular complexity index is 577. The number of rotatable bonds is 4. The zero-order valence-electron chi connectivity index (χ0n) is 10.2. The molecule has 1 aromatic carbocycles. The third-order valence-electron chi connectivity index (χ3n) is 2.35. The lowest BCUT2D eigenvalue weighted by atomic mass is 10.2. The summed E-state index contributed by atoms with van der Waals surface area (Å²) in [5, 5.41) is 5.97. The fourth-order valence-electron chi connectivity index (χ4n) is 1.58. The molecule has 0 aliphatic rings. The average molecular weight is 388 g/mol. The molecular formula is C13H12Br2N2O2. The molecule has 100 valence electrons. The van der Waals surface area contributed by atoms with Crippen LogP contribution in [0.1, 0.15) is 12.7 Å². The van der Waals surface area contributed by atoms with Crippen molar-refractivity contribution in [1.29, 1.82) is 0 Å². The van der Waals surface area contributed by atoms with E-state index in [0.29, 0.717) is 11.2 Å². The minimum atomic E-state index is -0.0870. The van der Waals surface area contributed by atoms with Gasteiger partial charge in [0.2, 0.25) is 5.91 Å². The number of hydrogen-bond acceptors (Lipinski definition) is 3. The van der Waals surface area contributed by atoms with Gasteiger partial charge in [-0.1, -0.05) is 6.07 Å². The van der Waals surface area contributed by atoms with E-state index in [4.69, 9.17) is 4.42 Å². The Hall–Kier alpha value is -1.27. The minimum Gasteiger partial charge on any atom is -0.451 e. The van der Waals surface area contributed by atoms with Crippen LogP contribution in [0.3, 0.4) is 0 Å². The summed E-state index contributed by atoms with van der Waals surface area (Å²) >= 11 is 6.66. The number of carbonyl (C=O) groups excluding carboxylic acids is 1. The highest BCUT2D eigenvalue weighted by Crippen LogP contribution is 2.27. The third kappa shape index (κ3) is 4.11. The highest BCUT2D eigenvalue weighted by atomic mass is 79.9. The number of hydrogen-bond donors (Lipinski definition) is 2. The highest BCUT2D eigenvalue weighted by Gasteiger charge is 2.05. The molecule has 2 rings (SSSR count). The summed E-state index contributed by atoms with van der Waals surface area (Å²) in [5.41, 5.74) is 1.68. The van der Waals surface area contributed by atoms with Crippen LogP contribution >= 0.6 is 31.9 Å². The molecule has 19 heavy (non-hydrogen) atoms. The van der Waals surface area contributed by atoms with Crippen molar-refractivity contribution in [2.75, 3.05) is 10.6 Å². The Morgan fingerprint density at radius 2 is 2.00 bits per heavy atom. The van der Waals surface area contributed by atoms with Crippen LogP contribution < -0.4 is 10.6 Å². The van der Waals surface area contributed by atoms with Crippen molar-refractivity contribution >= 4 is 49.1 Å². The van der Waals surface area contributed by atoms with Crippen LogP contribution in [0.5, 0.6) is 0 Å². The van der Waals surface area contributed by atoms with Crippen molar-refractivity contribution in [2.24, 2.45) is 0 Å². The second-order valence-corrected chi connectivity index (χ2v) is 5.52. The number of benzene rings is 1. The molecular weight excluding hydrogens is 376 g/mol. The molecule has 1 heterocycles. The van der Waals surface area contributed by atoms with Crippen LogP contribution in [-0.4, -0.2) is 5.91 Å². The zero-order valence-corrected chi connectivity index (χ0v) is 13.3. The maximum absolute atomic E-state index is 11.0. The Morgan fingerprint density at radius 3 is 2.63 bits per heavy atom. The predicted molar refractivity (Wildman–Crippen MR) is 82.2 cm³/mol. The first-order valence-corrected chi connectivity index (χ1v) is 7.18. The van der Waals surface area contributed by atoms with E-state index in [1.54, 1.807) is 0 Å². The molecule has 6 heteroatoms. The third-order valence-corrected chi connectivity index (χ3v) is 4.06. The van der Waals surface area contributed by atoms with Crippen LogP contribution in [0.15, 0.2) is 43.9 Å². The summed E-state index contributed by atoms with van der Waals surface area (Å²) in [5.74, 6) is 0.722. The fraction of sp³-hybridized carbons (Fsp3) is 0.154. The number of nitrogens with one attached hydrogen (secondary N) is 2. The van der Waals surface area contributed by atoms with E-state index in [2.05, 4.69) is 42.5 Å². The molecule has 0 radical (unpaired) electrons. The van der Waals surface area contributed by atoms with Gasteiger partial charge in [0.25, 0.3) is 0 Å². The van der Waals surface area contributed by atoms with Crippen molar-refractivity contribution in [3.8, 4) is 0 Å². The van der Waals surface area contributed by atoms with Crippen molar-refractivity contribution in [2.45, 2.75) is 13.5 Å². The first-order chi connectivity index (χ1) is 9.04. The van der Waals surface area contributed by atoms with Gasteiger partial charge in [-0.15, -0.1) is 0 Å². The first kappa shape index (κ1) is 14.1. The second-order valence-electron chi connectivity index (χ2n) is 3.95. The van der Waals surface area contributed by atoms with E-state index >= 15 is 0 Å². The molecule has 1 amide bonds. The Labute approximate surface area is 127 Å². The van der Waals surface area contributed by atoms with Gasteiger partial charge in [0.15, 0.2) is 4.67 Å². The molecule has 0 aliphatic heterocycles. The van der Waals surface area contributed by atoms with Crippen LogP contribution in [0, 0.1) is 0 Å². The number of anilines is 2. The number of furan rings is 1. The van der Waals surface area contributed by atoms with E-state index in [-0.39, 0.29) is 5.91 Å². The molecule has 2 N–H and O–H groups in total. The number of amides is 1. The molecule has 4 nitrogen and oxygen atoms in total. The monoisotopic (exact) mass is 386 g/mol. The van der Waals surface area contributed by atoms with Crippen LogP contribution in [0.2, 0.25) is 0 Å². The Balaban J connectivity index is 2.01. The summed E-state index contributed by atoms with van der Waals surface area (Å²) in [6.07, 6.45) is 0. The maximum Gasteiger partial charge on any atom is 0.221 e. The topological polar surface area (TPSA) is 54.3 Å². The van der Waals surface area contributed by atoms with E-state index in [1.165, 1.54) is 6.92 Å². The second kappa shape index (κ2) is 6.25. The smallest absolute Gasteiger partial charge is 0.221 e. The van der Waals surface area contributed by atoms with Crippen molar-refractivity contribution < 1.29 is 9.21 Å². The molecule has 0 atom stereocenters. The van der Waals surface area contributed by atoms with Crippen LogP contribution in [0.25, 0.3) is 0 Å². The maximum atomic E-state index is 11.0. The molecule has 0 unspecified atom stereocenters. The van der Waals surface area contributed by atoms with Crippen molar-refractivity contribution in [1.82, 2.24) is 0 Å². The molecule has 2 aromatic rings. The fourth-order valence-corrected chi connectivity index (χ4v) is 2.24. The summed E-state index contributed by atoms with van der Waals surface area (Å²) in [6.45, 7) is 2.05. The van der Waals surface area contributed by atoms with Crippen molar-refractivity contribution in [3.63, 3.8) is 0 Å². The summed E-state index contributed by atoms with van der Waals surface area (Å²) in [7, 11) is 0. The summed E-state index contributed by atoms with van der Waals surface area (Å²) in [6, 6.07) is 9.41. The SMILES string of the molecule is CC(=O)Nc1cccc(NCc2cc(Br)c(Br)o2)c1.